The molecule has 0 saturated heterocycles. The Kier molecular flexibility index (Phi) is 70.8. The van der Waals surface area contributed by atoms with E-state index in [1.54, 1.807) is 0 Å². The fraction of sp³-hybridized carbons (Fsp3) is 0.769. The van der Waals surface area contributed by atoms with Crippen molar-refractivity contribution in [2.75, 3.05) is 0 Å². The van der Waals surface area contributed by atoms with Crippen LogP contribution in [0.3, 0.4) is 0 Å². The SMILES string of the molecule is C=C.O=C(O)CCCCCCCCC(=O)O.O=C(O)CCCCCCCCC(=O)O.O=C(O)CCCCCCCCC(=O)O.O=C(O)CCCCCCCCC(=O)O.O=C(O)CCCCCCCCC(=O)O. The van der Waals surface area contributed by atoms with E-state index in [1.165, 1.54) is 0 Å². The zero-order chi connectivity index (χ0) is 56.1. The van der Waals surface area contributed by atoms with Gasteiger partial charge in [-0.05, 0) is 64.2 Å². The highest BCUT2D eigenvalue weighted by Crippen LogP contribution is 2.12. The summed E-state index contributed by atoms with van der Waals surface area (Å²) in [7, 11) is 0. The number of hydrogen-bond acceptors (Lipinski definition) is 10. The normalized spacial score (nSPS) is 9.78. The van der Waals surface area contributed by atoms with Crippen molar-refractivity contribution >= 4 is 59.7 Å². The third-order valence-corrected chi connectivity index (χ3v) is 10.2. The lowest BCUT2D eigenvalue weighted by atomic mass is 10.1. The third kappa shape index (κ3) is 106. The van der Waals surface area contributed by atoms with Crippen molar-refractivity contribution in [3.05, 3.63) is 13.2 Å². The number of aliphatic carboxylic acids is 10. The van der Waals surface area contributed by atoms with E-state index in [0.29, 0.717) is 0 Å². The number of carboxylic acid groups (broad SMARTS) is 10. The van der Waals surface area contributed by atoms with Gasteiger partial charge < -0.3 is 51.1 Å². The monoisotopic (exact) mass is 1040 g/mol. The van der Waals surface area contributed by atoms with Gasteiger partial charge in [-0.25, -0.2) is 0 Å². The summed E-state index contributed by atoms with van der Waals surface area (Å²) in [5.41, 5.74) is 0. The summed E-state index contributed by atoms with van der Waals surface area (Å²) in [6, 6.07) is 0. The average Bonchev–Trinajstić information content (AvgIpc) is 3.29. The third-order valence-electron chi connectivity index (χ3n) is 10.2. The summed E-state index contributed by atoms with van der Waals surface area (Å²) in [6.07, 6.45) is 29.1. The summed E-state index contributed by atoms with van der Waals surface area (Å²) in [5, 5.41) is 83.5. The van der Waals surface area contributed by atoms with Crippen LogP contribution in [0.2, 0.25) is 0 Å². The van der Waals surface area contributed by atoms with E-state index >= 15 is 0 Å². The first kappa shape index (κ1) is 77.9. The van der Waals surface area contributed by atoms with E-state index in [2.05, 4.69) is 13.2 Å². The number of hydrogen-bond donors (Lipinski definition) is 10. The van der Waals surface area contributed by atoms with Gasteiger partial charge in [0.25, 0.3) is 0 Å². The Morgan fingerprint density at radius 3 is 0.264 bits per heavy atom. The van der Waals surface area contributed by atoms with Crippen molar-refractivity contribution in [3.8, 4) is 0 Å². The zero-order valence-corrected chi connectivity index (χ0v) is 43.3. The lowest BCUT2D eigenvalue weighted by molar-refractivity contribution is -0.138. The van der Waals surface area contributed by atoms with Crippen LogP contribution in [0.15, 0.2) is 13.2 Å². The van der Waals surface area contributed by atoms with E-state index < -0.39 is 59.7 Å². The molecule has 72 heavy (non-hydrogen) atoms. The van der Waals surface area contributed by atoms with Crippen molar-refractivity contribution in [1.82, 2.24) is 0 Å². The molecular weight excluding hydrogens is 945 g/mol. The minimum atomic E-state index is -0.740. The van der Waals surface area contributed by atoms with Crippen molar-refractivity contribution in [2.45, 2.75) is 257 Å². The topological polar surface area (TPSA) is 373 Å². The van der Waals surface area contributed by atoms with Crippen LogP contribution in [0.25, 0.3) is 0 Å². The standard InChI is InChI=1S/5C10H18O4.C2H4/c5*11-9(12)7-5-3-1-2-4-6-8-10(13)14;1-2/h5*1-8H2,(H,11,12)(H,13,14);1-2H2. The van der Waals surface area contributed by atoms with Crippen LogP contribution in [-0.4, -0.2) is 111 Å². The Bertz CT molecular complexity index is 1030. The molecule has 0 aliphatic rings. The summed E-state index contributed by atoms with van der Waals surface area (Å²) in [4.78, 5) is 101. The lowest BCUT2D eigenvalue weighted by Gasteiger charge is -1.98. The number of carbonyl (C=O) groups is 10. The van der Waals surface area contributed by atoms with Gasteiger partial charge >= 0.3 is 59.7 Å². The Morgan fingerprint density at radius 2 is 0.208 bits per heavy atom. The Hall–Kier alpha value is -5.56. The first-order chi connectivity index (χ1) is 34.1. The van der Waals surface area contributed by atoms with Gasteiger partial charge in [0.2, 0.25) is 0 Å². The van der Waals surface area contributed by atoms with Crippen LogP contribution in [0, 0.1) is 0 Å². The number of rotatable bonds is 45. The van der Waals surface area contributed by atoms with E-state index in [9.17, 15) is 47.9 Å². The van der Waals surface area contributed by atoms with Crippen molar-refractivity contribution in [3.63, 3.8) is 0 Å². The minimum absolute atomic E-state index is 0.245. The maximum absolute atomic E-state index is 10.1. The van der Waals surface area contributed by atoms with Gasteiger partial charge in [0.1, 0.15) is 0 Å². The van der Waals surface area contributed by atoms with Crippen LogP contribution in [0.4, 0.5) is 0 Å². The van der Waals surface area contributed by atoms with Gasteiger partial charge in [-0.1, -0.05) is 128 Å². The summed E-state index contributed by atoms with van der Waals surface area (Å²) in [6.45, 7) is 6.00. The van der Waals surface area contributed by atoms with Crippen LogP contribution < -0.4 is 0 Å². The molecule has 0 aromatic rings. The molecule has 0 spiro atoms. The molecule has 20 heteroatoms. The largest absolute Gasteiger partial charge is 0.481 e. The second-order valence-corrected chi connectivity index (χ2v) is 17.0. The van der Waals surface area contributed by atoms with Crippen LogP contribution in [0.1, 0.15) is 257 Å². The molecule has 0 amide bonds. The zero-order valence-electron chi connectivity index (χ0n) is 43.3. The molecule has 0 aromatic carbocycles. The van der Waals surface area contributed by atoms with Gasteiger partial charge in [0, 0.05) is 64.2 Å². The highest BCUT2D eigenvalue weighted by Gasteiger charge is 2.03. The Balaban J connectivity index is -0.000000187. The quantitative estimate of drug-likeness (QED) is 0.0200. The highest BCUT2D eigenvalue weighted by molar-refractivity contribution is 5.69. The smallest absolute Gasteiger partial charge is 0.303 e. The molecule has 0 saturated carbocycles. The highest BCUT2D eigenvalue weighted by atomic mass is 16.4. The molecule has 0 rings (SSSR count). The summed E-state index contributed by atoms with van der Waals surface area (Å²) < 4.78 is 0. The van der Waals surface area contributed by atoms with Gasteiger partial charge in [-0.2, -0.15) is 0 Å². The van der Waals surface area contributed by atoms with Gasteiger partial charge in [0.05, 0.1) is 0 Å². The summed E-state index contributed by atoms with van der Waals surface area (Å²) in [5.74, 6) is -7.40. The molecule has 0 fully saturated rings. The average molecular weight is 1040 g/mol. The summed E-state index contributed by atoms with van der Waals surface area (Å²) >= 11 is 0. The van der Waals surface area contributed by atoms with E-state index in [0.717, 1.165) is 193 Å². The van der Waals surface area contributed by atoms with E-state index in [-0.39, 0.29) is 64.2 Å². The molecule has 422 valence electrons. The molecule has 0 aromatic heterocycles. The Morgan fingerprint density at radius 1 is 0.153 bits per heavy atom. The first-order valence-electron chi connectivity index (χ1n) is 25.8. The molecule has 0 atom stereocenters. The number of carboxylic acids is 10. The van der Waals surface area contributed by atoms with E-state index in [1.807, 2.05) is 0 Å². The van der Waals surface area contributed by atoms with Gasteiger partial charge in [0.15, 0.2) is 0 Å². The lowest BCUT2D eigenvalue weighted by Crippen LogP contribution is -1.94. The first-order valence-corrected chi connectivity index (χ1v) is 25.8. The minimum Gasteiger partial charge on any atom is -0.481 e. The molecule has 0 unspecified atom stereocenters. The van der Waals surface area contributed by atoms with Crippen molar-refractivity contribution in [1.29, 1.82) is 0 Å². The maximum Gasteiger partial charge on any atom is 0.303 e. The van der Waals surface area contributed by atoms with Crippen molar-refractivity contribution in [2.24, 2.45) is 0 Å². The molecular formula is C52H94O20. The molecule has 0 aliphatic carbocycles. The van der Waals surface area contributed by atoms with Crippen LogP contribution in [-0.2, 0) is 47.9 Å². The van der Waals surface area contributed by atoms with Gasteiger partial charge in [-0.3, -0.25) is 47.9 Å². The second-order valence-electron chi connectivity index (χ2n) is 17.0. The molecule has 0 aliphatic heterocycles. The van der Waals surface area contributed by atoms with Crippen molar-refractivity contribution < 1.29 is 99.0 Å². The van der Waals surface area contributed by atoms with Crippen LogP contribution >= 0.6 is 0 Å². The Labute approximate surface area is 427 Å². The predicted octanol–water partition coefficient (Wildman–Crippen LogP) is 12.2. The second kappa shape index (κ2) is 65.4. The molecule has 0 heterocycles. The fourth-order valence-electron chi connectivity index (χ4n) is 6.30. The maximum atomic E-state index is 10.1. The van der Waals surface area contributed by atoms with Crippen LogP contribution in [0.5, 0.6) is 0 Å². The van der Waals surface area contributed by atoms with E-state index in [4.69, 9.17) is 51.1 Å². The molecule has 20 nitrogen and oxygen atoms in total. The molecule has 10 N–H and O–H groups in total. The number of unbranched alkanes of at least 4 members (excludes halogenated alkanes) is 25. The van der Waals surface area contributed by atoms with Gasteiger partial charge in [-0.15, -0.1) is 13.2 Å². The fourth-order valence-corrected chi connectivity index (χ4v) is 6.30. The predicted molar refractivity (Wildman–Crippen MR) is 272 cm³/mol. The molecule has 0 radical (unpaired) electrons. The molecule has 0 bridgehead atoms.